The average molecular weight is 349 g/mol. The standard InChI is InChI=1S/C20H32O3Si/c1-18(2,3)24(6,7)23-17-11-19(4,5)10-16-8-14-12-22-13-15(14)9-20(16,17)21/h8,12-13,17,21H,9-11H2,1-7H3/t17-,20-/m0/s1. The van der Waals surface area contributed by atoms with Gasteiger partial charge in [-0.2, -0.15) is 0 Å². The van der Waals surface area contributed by atoms with Crippen molar-refractivity contribution >= 4 is 14.4 Å². The maximum atomic E-state index is 11.7. The summed E-state index contributed by atoms with van der Waals surface area (Å²) in [6, 6.07) is 0. The van der Waals surface area contributed by atoms with Crippen LogP contribution in [-0.2, 0) is 10.8 Å². The minimum Gasteiger partial charge on any atom is -0.472 e. The summed E-state index contributed by atoms with van der Waals surface area (Å²) in [4.78, 5) is 0. The van der Waals surface area contributed by atoms with E-state index in [0.717, 1.165) is 29.5 Å². The van der Waals surface area contributed by atoms with Crippen LogP contribution in [0.4, 0.5) is 0 Å². The van der Waals surface area contributed by atoms with E-state index < -0.39 is 13.9 Å². The molecule has 2 atom stereocenters. The topological polar surface area (TPSA) is 42.6 Å². The second-order valence-corrected chi connectivity index (χ2v) is 14.8. The number of hydrogen-bond donors (Lipinski definition) is 1. The lowest BCUT2D eigenvalue weighted by atomic mass is 9.63. The molecule has 24 heavy (non-hydrogen) atoms. The Kier molecular flexibility index (Phi) is 3.99. The van der Waals surface area contributed by atoms with E-state index in [4.69, 9.17) is 8.84 Å². The highest BCUT2D eigenvalue weighted by Crippen LogP contribution is 2.51. The first-order valence-corrected chi connectivity index (χ1v) is 11.9. The van der Waals surface area contributed by atoms with E-state index in [9.17, 15) is 5.11 Å². The van der Waals surface area contributed by atoms with Gasteiger partial charge >= 0.3 is 0 Å². The molecule has 1 aromatic rings. The highest BCUT2D eigenvalue weighted by atomic mass is 28.4. The van der Waals surface area contributed by atoms with E-state index in [1.807, 2.05) is 0 Å². The van der Waals surface area contributed by atoms with Crippen molar-refractivity contribution in [2.45, 2.75) is 83.7 Å². The van der Waals surface area contributed by atoms with Crippen molar-refractivity contribution in [2.75, 3.05) is 0 Å². The minimum atomic E-state index is -1.96. The third-order valence-corrected chi connectivity index (χ3v) is 10.8. The van der Waals surface area contributed by atoms with E-state index in [-0.39, 0.29) is 16.6 Å². The van der Waals surface area contributed by atoms with Crippen LogP contribution >= 0.6 is 0 Å². The van der Waals surface area contributed by atoms with Crippen molar-refractivity contribution in [3.8, 4) is 0 Å². The van der Waals surface area contributed by atoms with Gasteiger partial charge in [-0.25, -0.2) is 0 Å². The molecule has 0 bridgehead atoms. The Labute approximate surface area is 147 Å². The first kappa shape index (κ1) is 18.0. The fraction of sp³-hybridized carbons (Fsp3) is 0.700. The molecule has 1 fully saturated rings. The van der Waals surface area contributed by atoms with Gasteiger partial charge in [0.15, 0.2) is 8.32 Å². The van der Waals surface area contributed by atoms with Crippen LogP contribution in [0.15, 0.2) is 22.5 Å². The Balaban J connectivity index is 2.00. The van der Waals surface area contributed by atoms with Crippen molar-refractivity contribution < 1.29 is 13.9 Å². The van der Waals surface area contributed by atoms with Crippen LogP contribution in [0, 0.1) is 5.41 Å². The molecule has 0 spiro atoms. The largest absolute Gasteiger partial charge is 0.472 e. The molecule has 134 valence electrons. The summed E-state index contributed by atoms with van der Waals surface area (Å²) in [6.07, 6.45) is 7.92. The normalized spacial score (nSPS) is 29.7. The van der Waals surface area contributed by atoms with Crippen LogP contribution in [0.25, 0.3) is 6.08 Å². The van der Waals surface area contributed by atoms with Gasteiger partial charge < -0.3 is 13.9 Å². The molecule has 3 nitrogen and oxygen atoms in total. The smallest absolute Gasteiger partial charge is 0.192 e. The van der Waals surface area contributed by atoms with Gasteiger partial charge in [-0.1, -0.05) is 34.6 Å². The van der Waals surface area contributed by atoms with Crippen LogP contribution < -0.4 is 0 Å². The summed E-state index contributed by atoms with van der Waals surface area (Å²) in [5, 5.41) is 11.8. The van der Waals surface area contributed by atoms with E-state index in [1.54, 1.807) is 12.5 Å². The van der Waals surface area contributed by atoms with Crippen molar-refractivity contribution in [1.29, 1.82) is 0 Å². The Morgan fingerprint density at radius 2 is 1.88 bits per heavy atom. The zero-order valence-corrected chi connectivity index (χ0v) is 17.2. The van der Waals surface area contributed by atoms with Crippen LogP contribution in [0.3, 0.4) is 0 Å². The van der Waals surface area contributed by atoms with E-state index in [1.165, 1.54) is 0 Å². The van der Waals surface area contributed by atoms with Crippen molar-refractivity contribution in [2.24, 2.45) is 5.41 Å². The lowest BCUT2D eigenvalue weighted by Gasteiger charge is -2.52. The first-order chi connectivity index (χ1) is 10.8. The quantitative estimate of drug-likeness (QED) is 0.751. The fourth-order valence-corrected chi connectivity index (χ4v) is 5.12. The number of furan rings is 1. The van der Waals surface area contributed by atoms with Gasteiger partial charge in [0.1, 0.15) is 5.60 Å². The molecule has 4 heteroatoms. The van der Waals surface area contributed by atoms with Gasteiger partial charge in [-0.3, -0.25) is 0 Å². The molecule has 1 saturated carbocycles. The number of fused-ring (bicyclic) bond motifs is 2. The third kappa shape index (κ3) is 2.93. The molecule has 2 aliphatic rings. The summed E-state index contributed by atoms with van der Waals surface area (Å²) in [5.41, 5.74) is 2.54. The van der Waals surface area contributed by atoms with Gasteiger partial charge in [0, 0.05) is 17.5 Å². The molecule has 0 radical (unpaired) electrons. The summed E-state index contributed by atoms with van der Waals surface area (Å²) < 4.78 is 12.1. The van der Waals surface area contributed by atoms with Gasteiger partial charge in [0.2, 0.25) is 0 Å². The van der Waals surface area contributed by atoms with Crippen LogP contribution in [-0.4, -0.2) is 25.1 Å². The van der Waals surface area contributed by atoms with Crippen molar-refractivity contribution in [3.63, 3.8) is 0 Å². The van der Waals surface area contributed by atoms with Crippen molar-refractivity contribution in [3.05, 3.63) is 29.2 Å². The molecule has 1 aromatic heterocycles. The molecule has 1 heterocycles. The Morgan fingerprint density at radius 1 is 1.21 bits per heavy atom. The summed E-state index contributed by atoms with van der Waals surface area (Å²) in [7, 11) is -1.96. The van der Waals surface area contributed by atoms with Gasteiger partial charge in [-0.05, 0) is 48.0 Å². The lowest BCUT2D eigenvalue weighted by molar-refractivity contribution is -0.0810. The molecule has 0 aromatic carbocycles. The van der Waals surface area contributed by atoms with E-state index in [0.29, 0.717) is 6.42 Å². The Bertz CT molecular complexity index is 663. The number of aliphatic hydroxyl groups is 1. The average Bonchev–Trinajstić information content (AvgIpc) is 2.81. The zero-order valence-electron chi connectivity index (χ0n) is 16.2. The molecule has 0 amide bonds. The summed E-state index contributed by atoms with van der Waals surface area (Å²) in [6.45, 7) is 15.9. The third-order valence-electron chi connectivity index (χ3n) is 6.30. The lowest BCUT2D eigenvalue weighted by Crippen LogP contribution is -2.58. The van der Waals surface area contributed by atoms with Gasteiger partial charge in [0.05, 0.1) is 18.6 Å². The molecule has 0 unspecified atom stereocenters. The maximum absolute atomic E-state index is 11.7. The SMILES string of the molecule is CC1(C)CC2=Cc3cocc3C[C@@]2(O)[C@@H](O[Si](C)(C)C(C)(C)C)C1. The number of rotatable bonds is 2. The van der Waals surface area contributed by atoms with Crippen LogP contribution in [0.5, 0.6) is 0 Å². The molecule has 0 aliphatic heterocycles. The maximum Gasteiger partial charge on any atom is 0.192 e. The predicted octanol–water partition coefficient (Wildman–Crippen LogP) is 5.16. The fourth-order valence-electron chi connectivity index (χ4n) is 3.77. The molecular formula is C20H32O3Si. The van der Waals surface area contributed by atoms with E-state index in [2.05, 4.69) is 53.8 Å². The van der Waals surface area contributed by atoms with Crippen molar-refractivity contribution in [1.82, 2.24) is 0 Å². The summed E-state index contributed by atoms with van der Waals surface area (Å²) in [5.74, 6) is 0. The minimum absolute atomic E-state index is 0.129. The summed E-state index contributed by atoms with van der Waals surface area (Å²) >= 11 is 0. The predicted molar refractivity (Wildman–Crippen MR) is 100 cm³/mol. The second-order valence-electron chi connectivity index (χ2n) is 10.0. The first-order valence-electron chi connectivity index (χ1n) is 9.00. The molecular weight excluding hydrogens is 316 g/mol. The molecule has 3 rings (SSSR count). The van der Waals surface area contributed by atoms with Gasteiger partial charge in [-0.15, -0.1) is 0 Å². The Hall–Kier alpha value is -0.843. The highest BCUT2D eigenvalue weighted by molar-refractivity contribution is 6.74. The second kappa shape index (κ2) is 5.32. The zero-order chi connectivity index (χ0) is 18.0. The van der Waals surface area contributed by atoms with Crippen LogP contribution in [0.1, 0.15) is 58.6 Å². The molecule has 0 saturated heterocycles. The van der Waals surface area contributed by atoms with Crippen LogP contribution in [0.2, 0.25) is 18.1 Å². The molecule has 2 aliphatic carbocycles. The monoisotopic (exact) mass is 348 g/mol. The Morgan fingerprint density at radius 3 is 2.50 bits per heavy atom. The number of hydrogen-bond acceptors (Lipinski definition) is 3. The highest BCUT2D eigenvalue weighted by Gasteiger charge is 2.53. The van der Waals surface area contributed by atoms with Gasteiger partial charge in [0.25, 0.3) is 0 Å². The van der Waals surface area contributed by atoms with E-state index >= 15 is 0 Å². The molecule has 1 N–H and O–H groups in total.